The van der Waals surface area contributed by atoms with Gasteiger partial charge in [0.1, 0.15) is 4.83 Å². The number of hydrogen-bond donors (Lipinski definition) is 1. The lowest BCUT2D eigenvalue weighted by atomic mass is 10.1. The van der Waals surface area contributed by atoms with Gasteiger partial charge in [-0.2, -0.15) is 4.98 Å². The van der Waals surface area contributed by atoms with Crippen molar-refractivity contribution in [3.63, 3.8) is 0 Å². The number of fused-ring (bicyclic) bond motifs is 1. The summed E-state index contributed by atoms with van der Waals surface area (Å²) in [4.78, 5) is 9.90. The van der Waals surface area contributed by atoms with Crippen molar-refractivity contribution in [2.45, 2.75) is 33.6 Å². The molecule has 0 radical (unpaired) electrons. The number of aromatic nitrogens is 2. The summed E-state index contributed by atoms with van der Waals surface area (Å²) >= 11 is 1.61. The largest absolute Gasteiger partial charge is 0.477 e. The molecule has 1 N–H and O–H groups in total. The topological polar surface area (TPSA) is 47.0 Å². The SMILES string of the molecule is CCCC(C)COc1nc(NCC)nc2sccc12. The zero-order valence-electron chi connectivity index (χ0n) is 11.8. The summed E-state index contributed by atoms with van der Waals surface area (Å²) in [5.74, 6) is 1.90. The standard InChI is InChI=1S/C14H21N3OS/c1-4-6-10(3)9-18-12-11-7-8-19-13(11)17-14(16-12)15-5-2/h7-8,10H,4-6,9H2,1-3H3,(H,15,16,17). The maximum atomic E-state index is 5.89. The van der Waals surface area contributed by atoms with Gasteiger partial charge in [0.2, 0.25) is 11.8 Å². The molecule has 1 unspecified atom stereocenters. The fourth-order valence-corrected chi connectivity index (χ4v) is 2.73. The molecule has 2 aromatic heterocycles. The number of hydrogen-bond acceptors (Lipinski definition) is 5. The third-order valence-corrected chi connectivity index (χ3v) is 3.72. The van der Waals surface area contributed by atoms with E-state index in [-0.39, 0.29) is 0 Å². The molecule has 2 aromatic rings. The molecule has 0 aliphatic carbocycles. The fraction of sp³-hybridized carbons (Fsp3) is 0.571. The lowest BCUT2D eigenvalue weighted by Gasteiger charge is -2.12. The summed E-state index contributed by atoms with van der Waals surface area (Å²) in [5, 5.41) is 6.18. The number of anilines is 1. The Morgan fingerprint density at radius 2 is 2.21 bits per heavy atom. The molecule has 0 aromatic carbocycles. The highest BCUT2D eigenvalue weighted by Crippen LogP contribution is 2.28. The van der Waals surface area contributed by atoms with E-state index in [0.29, 0.717) is 24.4 Å². The van der Waals surface area contributed by atoms with Crippen LogP contribution in [0.1, 0.15) is 33.6 Å². The van der Waals surface area contributed by atoms with E-state index in [1.165, 1.54) is 12.8 Å². The Morgan fingerprint density at radius 1 is 1.37 bits per heavy atom. The molecule has 0 aliphatic rings. The van der Waals surface area contributed by atoms with Gasteiger partial charge in [0.05, 0.1) is 12.0 Å². The molecular formula is C14H21N3OS. The van der Waals surface area contributed by atoms with Crippen LogP contribution in [-0.2, 0) is 0 Å². The molecule has 0 saturated heterocycles. The molecule has 0 spiro atoms. The number of rotatable bonds is 7. The average molecular weight is 279 g/mol. The van der Waals surface area contributed by atoms with E-state index in [4.69, 9.17) is 4.74 Å². The van der Waals surface area contributed by atoms with Gasteiger partial charge in [-0.1, -0.05) is 20.3 Å². The van der Waals surface area contributed by atoms with Gasteiger partial charge in [-0.15, -0.1) is 11.3 Å². The van der Waals surface area contributed by atoms with E-state index < -0.39 is 0 Å². The van der Waals surface area contributed by atoms with Gasteiger partial charge in [-0.3, -0.25) is 0 Å². The van der Waals surface area contributed by atoms with Crippen molar-refractivity contribution in [1.82, 2.24) is 9.97 Å². The first kappa shape index (κ1) is 14.1. The van der Waals surface area contributed by atoms with Crippen LogP contribution in [0, 0.1) is 5.92 Å². The number of nitrogens with one attached hydrogen (secondary N) is 1. The molecule has 1 atom stereocenters. The van der Waals surface area contributed by atoms with E-state index in [1.807, 2.05) is 18.4 Å². The fourth-order valence-electron chi connectivity index (χ4n) is 1.97. The van der Waals surface area contributed by atoms with E-state index in [9.17, 15) is 0 Å². The highest BCUT2D eigenvalue weighted by Gasteiger charge is 2.11. The first-order valence-electron chi connectivity index (χ1n) is 6.86. The van der Waals surface area contributed by atoms with Crippen LogP contribution >= 0.6 is 11.3 Å². The number of nitrogens with zero attached hydrogens (tertiary/aromatic N) is 2. The van der Waals surface area contributed by atoms with E-state index in [1.54, 1.807) is 11.3 Å². The zero-order valence-corrected chi connectivity index (χ0v) is 12.6. The lowest BCUT2D eigenvalue weighted by Crippen LogP contribution is -2.10. The summed E-state index contributed by atoms with van der Waals surface area (Å²) in [7, 11) is 0. The van der Waals surface area contributed by atoms with Gasteiger partial charge in [0.15, 0.2) is 0 Å². The first-order valence-corrected chi connectivity index (χ1v) is 7.74. The maximum absolute atomic E-state index is 5.89. The minimum Gasteiger partial charge on any atom is -0.477 e. The number of ether oxygens (including phenoxy) is 1. The van der Waals surface area contributed by atoms with Gasteiger partial charge in [0.25, 0.3) is 0 Å². The molecule has 0 fully saturated rings. The van der Waals surface area contributed by atoms with Crippen LogP contribution in [0.2, 0.25) is 0 Å². The second-order valence-electron chi connectivity index (χ2n) is 4.73. The molecular weight excluding hydrogens is 258 g/mol. The molecule has 0 bridgehead atoms. The molecule has 4 nitrogen and oxygen atoms in total. The van der Waals surface area contributed by atoms with Crippen molar-refractivity contribution in [2.75, 3.05) is 18.5 Å². The van der Waals surface area contributed by atoms with Crippen molar-refractivity contribution in [1.29, 1.82) is 0 Å². The summed E-state index contributed by atoms with van der Waals surface area (Å²) in [6.07, 6.45) is 2.36. The van der Waals surface area contributed by atoms with Crippen molar-refractivity contribution in [2.24, 2.45) is 5.92 Å². The summed E-state index contributed by atoms with van der Waals surface area (Å²) in [6.45, 7) is 7.96. The second kappa shape index (κ2) is 6.70. The van der Waals surface area contributed by atoms with Gasteiger partial charge in [-0.25, -0.2) is 4.98 Å². The minimum atomic E-state index is 0.552. The zero-order chi connectivity index (χ0) is 13.7. The molecule has 2 heterocycles. The summed E-state index contributed by atoms with van der Waals surface area (Å²) in [6, 6.07) is 2.02. The molecule has 2 rings (SSSR count). The molecule has 0 amide bonds. The van der Waals surface area contributed by atoms with Crippen molar-refractivity contribution < 1.29 is 4.74 Å². The second-order valence-corrected chi connectivity index (χ2v) is 5.62. The molecule has 19 heavy (non-hydrogen) atoms. The third kappa shape index (κ3) is 3.56. The Hall–Kier alpha value is -1.36. The van der Waals surface area contributed by atoms with Gasteiger partial charge in [-0.05, 0) is 30.7 Å². The predicted molar refractivity (Wildman–Crippen MR) is 81.1 cm³/mol. The highest BCUT2D eigenvalue weighted by atomic mass is 32.1. The lowest BCUT2D eigenvalue weighted by molar-refractivity contribution is 0.246. The van der Waals surface area contributed by atoms with Crippen LogP contribution in [0.4, 0.5) is 5.95 Å². The Kier molecular flexibility index (Phi) is 4.96. The monoisotopic (exact) mass is 279 g/mol. The third-order valence-electron chi connectivity index (χ3n) is 2.91. The predicted octanol–water partition coefficient (Wildman–Crippen LogP) is 3.94. The van der Waals surface area contributed by atoms with E-state index >= 15 is 0 Å². The normalized spacial score (nSPS) is 12.6. The Bertz CT molecular complexity index is 526. The van der Waals surface area contributed by atoms with Crippen LogP contribution in [-0.4, -0.2) is 23.1 Å². The van der Waals surface area contributed by atoms with Crippen LogP contribution < -0.4 is 10.1 Å². The maximum Gasteiger partial charge on any atom is 0.227 e. The van der Waals surface area contributed by atoms with Crippen molar-refractivity contribution in [3.8, 4) is 5.88 Å². The Morgan fingerprint density at radius 3 is 2.95 bits per heavy atom. The molecule has 5 heteroatoms. The van der Waals surface area contributed by atoms with Crippen LogP contribution in [0.15, 0.2) is 11.4 Å². The Labute approximate surface area is 118 Å². The highest BCUT2D eigenvalue weighted by molar-refractivity contribution is 7.16. The van der Waals surface area contributed by atoms with E-state index in [0.717, 1.165) is 16.8 Å². The van der Waals surface area contributed by atoms with Crippen molar-refractivity contribution >= 4 is 27.5 Å². The van der Waals surface area contributed by atoms with Crippen molar-refractivity contribution in [3.05, 3.63) is 11.4 Å². The molecule has 104 valence electrons. The minimum absolute atomic E-state index is 0.552. The van der Waals surface area contributed by atoms with Gasteiger partial charge >= 0.3 is 0 Å². The van der Waals surface area contributed by atoms with E-state index in [2.05, 4.69) is 29.1 Å². The summed E-state index contributed by atoms with van der Waals surface area (Å²) in [5.41, 5.74) is 0. The Balaban J connectivity index is 2.17. The summed E-state index contributed by atoms with van der Waals surface area (Å²) < 4.78 is 5.89. The van der Waals surface area contributed by atoms with Gasteiger partial charge < -0.3 is 10.1 Å². The smallest absolute Gasteiger partial charge is 0.227 e. The van der Waals surface area contributed by atoms with Gasteiger partial charge in [0, 0.05) is 6.54 Å². The molecule has 0 aliphatic heterocycles. The van der Waals surface area contributed by atoms with Crippen LogP contribution in [0.25, 0.3) is 10.2 Å². The average Bonchev–Trinajstić information content (AvgIpc) is 2.85. The first-order chi connectivity index (χ1) is 9.24. The quantitative estimate of drug-likeness (QED) is 0.834. The molecule has 0 saturated carbocycles. The van der Waals surface area contributed by atoms with Crippen LogP contribution in [0.5, 0.6) is 5.88 Å². The van der Waals surface area contributed by atoms with Crippen LogP contribution in [0.3, 0.4) is 0 Å². The number of thiophene rings is 1.